The third kappa shape index (κ3) is 4.62. The first kappa shape index (κ1) is 21.5. The molecule has 0 bridgehead atoms. The molecule has 0 aliphatic rings. The van der Waals surface area contributed by atoms with Crippen LogP contribution in [0.25, 0.3) is 5.65 Å². The summed E-state index contributed by atoms with van der Waals surface area (Å²) >= 11 is 0. The number of carbonyl (C=O) groups excluding carboxylic acids is 1. The number of hydrogen-bond acceptors (Lipinski definition) is 5. The van der Waals surface area contributed by atoms with Gasteiger partial charge in [-0.25, -0.2) is 8.42 Å². The number of sulfonamides is 1. The Hall–Kier alpha value is -3.72. The summed E-state index contributed by atoms with van der Waals surface area (Å²) in [6.07, 6.45) is 2.41. The van der Waals surface area contributed by atoms with Crippen molar-refractivity contribution in [1.29, 1.82) is 0 Å². The van der Waals surface area contributed by atoms with Gasteiger partial charge >= 0.3 is 0 Å². The van der Waals surface area contributed by atoms with Gasteiger partial charge in [-0.1, -0.05) is 18.2 Å². The van der Waals surface area contributed by atoms with Crippen LogP contribution in [-0.4, -0.2) is 35.5 Å². The van der Waals surface area contributed by atoms with Crippen LogP contribution in [0.4, 0.5) is 5.69 Å². The molecule has 8 nitrogen and oxygen atoms in total. The number of aromatic nitrogens is 3. The van der Waals surface area contributed by atoms with Gasteiger partial charge < -0.3 is 5.32 Å². The lowest BCUT2D eigenvalue weighted by atomic mass is 10.2. The average molecular weight is 450 g/mol. The van der Waals surface area contributed by atoms with E-state index in [1.165, 1.54) is 0 Å². The van der Waals surface area contributed by atoms with E-state index >= 15 is 0 Å². The summed E-state index contributed by atoms with van der Waals surface area (Å²) in [4.78, 5) is 12.7. The highest BCUT2D eigenvalue weighted by atomic mass is 32.2. The zero-order valence-corrected chi connectivity index (χ0v) is 18.6. The molecule has 9 heteroatoms. The minimum Gasteiger partial charge on any atom is -0.352 e. The van der Waals surface area contributed by atoms with E-state index in [-0.39, 0.29) is 10.8 Å². The van der Waals surface area contributed by atoms with Crippen LogP contribution in [0.1, 0.15) is 27.3 Å². The molecule has 0 atom stereocenters. The zero-order chi connectivity index (χ0) is 22.7. The number of benzene rings is 2. The second kappa shape index (κ2) is 8.80. The van der Waals surface area contributed by atoms with Crippen molar-refractivity contribution in [3.8, 4) is 0 Å². The number of nitrogens with one attached hydrogen (secondary N) is 2. The van der Waals surface area contributed by atoms with Crippen molar-refractivity contribution >= 4 is 27.3 Å². The highest BCUT2D eigenvalue weighted by molar-refractivity contribution is 7.92. The number of nitrogens with zero attached hydrogens (tertiary/aromatic N) is 3. The zero-order valence-electron chi connectivity index (χ0n) is 17.7. The summed E-state index contributed by atoms with van der Waals surface area (Å²) in [6, 6.07) is 17.3. The maximum atomic E-state index is 12.7. The predicted octanol–water partition coefficient (Wildman–Crippen LogP) is 3.12. The molecule has 1 amide bonds. The molecule has 0 unspecified atom stereocenters. The van der Waals surface area contributed by atoms with Crippen molar-refractivity contribution in [3.63, 3.8) is 0 Å². The van der Waals surface area contributed by atoms with Crippen molar-refractivity contribution in [2.75, 3.05) is 11.3 Å². The molecule has 0 spiro atoms. The van der Waals surface area contributed by atoms with E-state index in [1.807, 2.05) is 41.8 Å². The first-order valence-electron chi connectivity index (χ1n) is 10.1. The topological polar surface area (TPSA) is 105 Å². The van der Waals surface area contributed by atoms with Gasteiger partial charge in [0.05, 0.1) is 4.90 Å². The molecule has 0 radical (unpaired) electrons. The fourth-order valence-electron chi connectivity index (χ4n) is 3.35. The molecule has 2 N–H and O–H groups in total. The lowest BCUT2D eigenvalue weighted by Crippen LogP contribution is -2.26. The van der Waals surface area contributed by atoms with Crippen molar-refractivity contribution in [2.45, 2.75) is 25.2 Å². The average Bonchev–Trinajstić information content (AvgIpc) is 3.19. The standard InChI is InChI=1S/C23H23N5O3S/c1-16-6-7-17(2)20(15-16)32(30,31)27-19-10-8-18(9-11-19)23(29)24-13-12-22-26-25-21-5-3-4-14-28(21)22/h3-11,14-15,27H,12-13H2,1-2H3,(H,24,29). The molecule has 2 aromatic carbocycles. The molecule has 4 rings (SSSR count). The molecule has 4 aromatic rings. The smallest absolute Gasteiger partial charge is 0.262 e. The van der Waals surface area contributed by atoms with Gasteiger partial charge in [-0.15, -0.1) is 10.2 Å². The van der Waals surface area contributed by atoms with E-state index in [0.29, 0.717) is 29.8 Å². The summed E-state index contributed by atoms with van der Waals surface area (Å²) < 4.78 is 29.9. The van der Waals surface area contributed by atoms with Crippen molar-refractivity contribution in [1.82, 2.24) is 19.9 Å². The number of aryl methyl sites for hydroxylation is 2. The van der Waals surface area contributed by atoms with Gasteiger partial charge in [-0.3, -0.25) is 13.9 Å². The number of anilines is 1. The molecular formula is C23H23N5O3S. The quantitative estimate of drug-likeness (QED) is 0.451. The number of carbonyl (C=O) groups is 1. The monoisotopic (exact) mass is 449 g/mol. The van der Waals surface area contributed by atoms with E-state index in [4.69, 9.17) is 0 Å². The Kier molecular flexibility index (Phi) is 5.91. The minimum atomic E-state index is -3.72. The summed E-state index contributed by atoms with van der Waals surface area (Å²) in [6.45, 7) is 4.00. The van der Waals surface area contributed by atoms with Gasteiger partial charge in [0, 0.05) is 30.4 Å². The van der Waals surface area contributed by atoms with Gasteiger partial charge in [-0.05, 0) is 67.4 Å². The van der Waals surface area contributed by atoms with E-state index in [9.17, 15) is 13.2 Å². The van der Waals surface area contributed by atoms with Crippen LogP contribution in [0.2, 0.25) is 0 Å². The van der Waals surface area contributed by atoms with Crippen LogP contribution in [0, 0.1) is 13.8 Å². The van der Waals surface area contributed by atoms with Crippen LogP contribution in [0.5, 0.6) is 0 Å². The maximum Gasteiger partial charge on any atom is 0.262 e. The van der Waals surface area contributed by atoms with Crippen molar-refractivity contribution in [3.05, 3.63) is 89.4 Å². The molecule has 0 aliphatic carbocycles. The molecule has 0 saturated carbocycles. The molecule has 2 aromatic heterocycles. The Morgan fingerprint density at radius 3 is 2.56 bits per heavy atom. The molecule has 2 heterocycles. The number of rotatable bonds is 7. The highest BCUT2D eigenvalue weighted by Crippen LogP contribution is 2.21. The number of pyridine rings is 1. The van der Waals surface area contributed by atoms with E-state index < -0.39 is 10.0 Å². The molecule has 32 heavy (non-hydrogen) atoms. The van der Waals surface area contributed by atoms with Gasteiger partial charge in [0.25, 0.3) is 15.9 Å². The van der Waals surface area contributed by atoms with E-state index in [2.05, 4.69) is 20.2 Å². The summed E-state index contributed by atoms with van der Waals surface area (Å²) in [5, 5.41) is 11.1. The Labute approximate surface area is 186 Å². The van der Waals surface area contributed by atoms with E-state index in [1.54, 1.807) is 43.3 Å². The second-order valence-electron chi connectivity index (χ2n) is 7.50. The Balaban J connectivity index is 1.37. The minimum absolute atomic E-state index is 0.236. The van der Waals surface area contributed by atoms with Crippen LogP contribution >= 0.6 is 0 Å². The van der Waals surface area contributed by atoms with Crippen LogP contribution in [0.15, 0.2) is 71.8 Å². The third-order valence-corrected chi connectivity index (χ3v) is 6.57. The lowest BCUT2D eigenvalue weighted by Gasteiger charge is -2.12. The summed E-state index contributed by atoms with van der Waals surface area (Å²) in [7, 11) is -3.72. The van der Waals surface area contributed by atoms with Crippen LogP contribution in [-0.2, 0) is 16.4 Å². The van der Waals surface area contributed by atoms with Crippen molar-refractivity contribution in [2.24, 2.45) is 0 Å². The Morgan fingerprint density at radius 1 is 1.00 bits per heavy atom. The summed E-state index contributed by atoms with van der Waals surface area (Å²) in [5.41, 5.74) is 3.11. The molecular weight excluding hydrogens is 426 g/mol. The largest absolute Gasteiger partial charge is 0.352 e. The normalized spacial score (nSPS) is 11.4. The molecule has 0 aliphatic heterocycles. The van der Waals surface area contributed by atoms with Gasteiger partial charge in [0.1, 0.15) is 5.82 Å². The summed E-state index contributed by atoms with van der Waals surface area (Å²) in [5.74, 6) is 0.514. The fourth-order valence-corrected chi connectivity index (χ4v) is 4.74. The van der Waals surface area contributed by atoms with Crippen LogP contribution in [0.3, 0.4) is 0 Å². The molecule has 0 saturated heterocycles. The first-order chi connectivity index (χ1) is 15.3. The Morgan fingerprint density at radius 2 is 1.78 bits per heavy atom. The van der Waals surface area contributed by atoms with Crippen molar-refractivity contribution < 1.29 is 13.2 Å². The molecule has 164 valence electrons. The number of hydrogen-bond donors (Lipinski definition) is 2. The first-order valence-corrected chi connectivity index (χ1v) is 11.6. The van der Waals surface area contributed by atoms with Gasteiger partial charge in [0.15, 0.2) is 5.65 Å². The highest BCUT2D eigenvalue weighted by Gasteiger charge is 2.17. The predicted molar refractivity (Wildman–Crippen MR) is 122 cm³/mol. The second-order valence-corrected chi connectivity index (χ2v) is 9.15. The Bertz CT molecular complexity index is 1380. The van der Waals surface area contributed by atoms with Crippen LogP contribution < -0.4 is 10.0 Å². The van der Waals surface area contributed by atoms with E-state index in [0.717, 1.165) is 17.0 Å². The van der Waals surface area contributed by atoms with Gasteiger partial charge in [-0.2, -0.15) is 0 Å². The number of amides is 1. The number of fused-ring (bicyclic) bond motifs is 1. The lowest BCUT2D eigenvalue weighted by molar-refractivity contribution is 0.0954. The fraction of sp³-hybridized carbons (Fsp3) is 0.174. The maximum absolute atomic E-state index is 12.7. The van der Waals surface area contributed by atoms with Gasteiger partial charge in [0.2, 0.25) is 0 Å². The molecule has 0 fully saturated rings. The third-order valence-electron chi connectivity index (χ3n) is 5.05. The SMILES string of the molecule is Cc1ccc(C)c(S(=O)(=O)Nc2ccc(C(=O)NCCc3nnc4ccccn34)cc2)c1.